The lowest BCUT2D eigenvalue weighted by molar-refractivity contribution is 0.0696. The summed E-state index contributed by atoms with van der Waals surface area (Å²) in [4.78, 5) is 35.5. The number of carbonyl (C=O) groups excluding carboxylic acids is 1. The van der Waals surface area contributed by atoms with Gasteiger partial charge in [-0.25, -0.2) is 14.5 Å². The van der Waals surface area contributed by atoms with Gasteiger partial charge in [-0.2, -0.15) is 15.3 Å². The number of nitriles is 1. The molecule has 3 heterocycles. The highest BCUT2D eigenvalue weighted by Crippen LogP contribution is 2.18. The van der Waals surface area contributed by atoms with E-state index >= 15 is 0 Å². The third kappa shape index (κ3) is 4.64. The van der Waals surface area contributed by atoms with Crippen molar-refractivity contribution in [3.8, 4) is 29.2 Å². The first kappa shape index (κ1) is 21.1. The highest BCUT2D eigenvalue weighted by Gasteiger charge is 2.13. The van der Waals surface area contributed by atoms with Crippen LogP contribution in [0.2, 0.25) is 0 Å². The predicted octanol–water partition coefficient (Wildman–Crippen LogP) is 1.93. The average molecular weight is 441 g/mol. The smallest absolute Gasteiger partial charge is 0.335 e. The molecule has 0 bridgehead atoms. The van der Waals surface area contributed by atoms with Crippen LogP contribution in [0.5, 0.6) is 5.88 Å². The van der Waals surface area contributed by atoms with Crippen LogP contribution in [0.25, 0.3) is 17.2 Å². The van der Waals surface area contributed by atoms with Gasteiger partial charge in [0.15, 0.2) is 0 Å². The Balaban J connectivity index is 1.38. The number of carboxylic acids is 1. The van der Waals surface area contributed by atoms with Gasteiger partial charge >= 0.3 is 5.97 Å². The van der Waals surface area contributed by atoms with E-state index in [1.807, 2.05) is 6.07 Å². The normalized spacial score (nSPS) is 10.4. The number of carboxylic acid groups (broad SMARTS) is 1. The number of hydrogen-bond acceptors (Lipinski definition) is 8. The van der Waals surface area contributed by atoms with E-state index in [-0.39, 0.29) is 35.1 Å². The highest BCUT2D eigenvalue weighted by molar-refractivity contribution is 5.93. The van der Waals surface area contributed by atoms with Crippen LogP contribution >= 0.6 is 0 Å². The van der Waals surface area contributed by atoms with Gasteiger partial charge in [0.1, 0.15) is 11.6 Å². The van der Waals surface area contributed by atoms with E-state index in [1.54, 1.807) is 30.5 Å². The number of pyridine rings is 1. The fourth-order valence-electron chi connectivity index (χ4n) is 2.87. The number of aromatic hydroxyl groups is 1. The molecule has 0 saturated heterocycles. The van der Waals surface area contributed by atoms with Crippen molar-refractivity contribution in [1.82, 2.24) is 30.0 Å². The standard InChI is InChI=1S/C22H15N7O4/c23-7-16-10-26-22(28-20(16)31)29-12-17(11-27-29)19(30)25-9-13-1-6-18(24-8-13)14-2-4-15(5-3-14)21(32)33/h1-6,8,10-12H,9H2,(H,25,30)(H,32,33)(H,26,28,31). The molecule has 0 aliphatic rings. The summed E-state index contributed by atoms with van der Waals surface area (Å²) in [7, 11) is 0. The molecule has 0 atom stereocenters. The van der Waals surface area contributed by atoms with E-state index in [0.29, 0.717) is 5.69 Å². The molecular formula is C22H15N7O4. The van der Waals surface area contributed by atoms with Gasteiger partial charge in [0.2, 0.25) is 5.88 Å². The largest absolute Gasteiger partial charge is 0.492 e. The Morgan fingerprint density at radius 3 is 2.45 bits per heavy atom. The minimum absolute atomic E-state index is 0.0155. The monoisotopic (exact) mass is 441 g/mol. The fraction of sp³-hybridized carbons (Fsp3) is 0.0455. The molecule has 4 aromatic rings. The number of nitrogens with one attached hydrogen (secondary N) is 1. The molecule has 0 radical (unpaired) electrons. The van der Waals surface area contributed by atoms with Gasteiger partial charge in [0, 0.05) is 24.5 Å². The zero-order valence-electron chi connectivity index (χ0n) is 16.9. The quantitative estimate of drug-likeness (QED) is 0.405. The van der Waals surface area contributed by atoms with Crippen LogP contribution in [0.1, 0.15) is 31.8 Å². The van der Waals surface area contributed by atoms with Crippen LogP contribution in [0, 0.1) is 11.3 Å². The van der Waals surface area contributed by atoms with Crippen molar-refractivity contribution in [3.05, 3.63) is 83.4 Å². The SMILES string of the molecule is N#Cc1cnc(-n2cc(C(=O)NCc3ccc(-c4ccc(C(=O)O)cc4)nc3)cn2)nc1O. The minimum Gasteiger partial charge on any atom is -0.492 e. The van der Waals surface area contributed by atoms with Crippen molar-refractivity contribution in [2.24, 2.45) is 0 Å². The van der Waals surface area contributed by atoms with Crippen molar-refractivity contribution in [2.75, 3.05) is 0 Å². The van der Waals surface area contributed by atoms with Crippen molar-refractivity contribution >= 4 is 11.9 Å². The highest BCUT2D eigenvalue weighted by atomic mass is 16.4. The van der Waals surface area contributed by atoms with Gasteiger partial charge in [0.25, 0.3) is 11.9 Å². The summed E-state index contributed by atoms with van der Waals surface area (Å²) in [6.45, 7) is 0.226. The maximum Gasteiger partial charge on any atom is 0.335 e. The second-order valence-electron chi connectivity index (χ2n) is 6.81. The fourth-order valence-corrected chi connectivity index (χ4v) is 2.87. The van der Waals surface area contributed by atoms with E-state index in [0.717, 1.165) is 17.3 Å². The summed E-state index contributed by atoms with van der Waals surface area (Å²) in [5, 5.41) is 34.2. The lowest BCUT2D eigenvalue weighted by Crippen LogP contribution is -2.22. The maximum atomic E-state index is 12.4. The Kier molecular flexibility index (Phi) is 5.73. The van der Waals surface area contributed by atoms with Crippen molar-refractivity contribution in [3.63, 3.8) is 0 Å². The van der Waals surface area contributed by atoms with E-state index < -0.39 is 11.8 Å². The number of aromatic nitrogens is 5. The molecule has 0 saturated carbocycles. The van der Waals surface area contributed by atoms with E-state index in [4.69, 9.17) is 10.4 Å². The summed E-state index contributed by atoms with van der Waals surface area (Å²) in [5.74, 6) is -1.83. The van der Waals surface area contributed by atoms with Crippen LogP contribution in [0.3, 0.4) is 0 Å². The van der Waals surface area contributed by atoms with Crippen LogP contribution in [0.15, 0.2) is 61.2 Å². The summed E-state index contributed by atoms with van der Waals surface area (Å²) in [6.07, 6.45) is 5.52. The average Bonchev–Trinajstić information content (AvgIpc) is 3.33. The van der Waals surface area contributed by atoms with Gasteiger partial charge in [0.05, 0.1) is 29.2 Å². The van der Waals surface area contributed by atoms with Crippen LogP contribution in [-0.2, 0) is 6.54 Å². The molecule has 0 aliphatic heterocycles. The molecule has 1 amide bonds. The van der Waals surface area contributed by atoms with Crippen LogP contribution < -0.4 is 5.32 Å². The number of aromatic carboxylic acids is 1. The number of hydrogen-bond donors (Lipinski definition) is 3. The first-order valence-electron chi connectivity index (χ1n) is 9.52. The number of carbonyl (C=O) groups is 2. The molecule has 0 aliphatic carbocycles. The molecular weight excluding hydrogens is 426 g/mol. The zero-order chi connectivity index (χ0) is 23.4. The molecule has 11 heteroatoms. The number of benzene rings is 1. The Morgan fingerprint density at radius 2 is 1.82 bits per heavy atom. The topological polar surface area (TPSA) is 167 Å². The van der Waals surface area contributed by atoms with Crippen LogP contribution in [0.4, 0.5) is 0 Å². The molecule has 33 heavy (non-hydrogen) atoms. The first-order valence-corrected chi connectivity index (χ1v) is 9.52. The second kappa shape index (κ2) is 8.94. The molecule has 3 aromatic heterocycles. The summed E-state index contributed by atoms with van der Waals surface area (Å²) in [6, 6.07) is 11.7. The molecule has 0 spiro atoms. The number of rotatable bonds is 6. The molecule has 3 N–H and O–H groups in total. The zero-order valence-corrected chi connectivity index (χ0v) is 16.9. The lowest BCUT2D eigenvalue weighted by Gasteiger charge is -2.06. The molecule has 162 valence electrons. The van der Waals surface area contributed by atoms with Gasteiger partial charge in [-0.1, -0.05) is 18.2 Å². The Morgan fingerprint density at radius 1 is 1.03 bits per heavy atom. The lowest BCUT2D eigenvalue weighted by atomic mass is 10.1. The molecule has 0 unspecified atom stereocenters. The Bertz CT molecular complexity index is 1370. The minimum atomic E-state index is -0.992. The second-order valence-corrected chi connectivity index (χ2v) is 6.81. The van der Waals surface area contributed by atoms with E-state index in [2.05, 4.69) is 25.4 Å². The van der Waals surface area contributed by atoms with Crippen molar-refractivity contribution in [1.29, 1.82) is 5.26 Å². The van der Waals surface area contributed by atoms with Crippen LogP contribution in [-0.4, -0.2) is 46.8 Å². The maximum absolute atomic E-state index is 12.4. The van der Waals surface area contributed by atoms with Crippen molar-refractivity contribution in [2.45, 2.75) is 6.54 Å². The third-order valence-electron chi connectivity index (χ3n) is 4.63. The third-order valence-corrected chi connectivity index (χ3v) is 4.63. The molecule has 11 nitrogen and oxygen atoms in total. The van der Waals surface area contributed by atoms with Gasteiger partial charge in [-0.05, 0) is 23.8 Å². The Labute approximate surface area is 186 Å². The molecule has 1 aromatic carbocycles. The summed E-state index contributed by atoms with van der Waals surface area (Å²) in [5.41, 5.74) is 2.60. The molecule has 0 fully saturated rings. The van der Waals surface area contributed by atoms with Gasteiger partial charge in [-0.15, -0.1) is 0 Å². The van der Waals surface area contributed by atoms with E-state index in [1.165, 1.54) is 29.2 Å². The van der Waals surface area contributed by atoms with E-state index in [9.17, 15) is 14.7 Å². The number of amides is 1. The van der Waals surface area contributed by atoms with Gasteiger partial charge < -0.3 is 15.5 Å². The number of nitrogens with zero attached hydrogens (tertiary/aromatic N) is 6. The predicted molar refractivity (Wildman–Crippen MR) is 113 cm³/mol. The van der Waals surface area contributed by atoms with Gasteiger partial charge in [-0.3, -0.25) is 9.78 Å². The van der Waals surface area contributed by atoms with Crippen molar-refractivity contribution < 1.29 is 19.8 Å². The first-order chi connectivity index (χ1) is 15.9. The Hall–Kier alpha value is -5.11. The molecule has 4 rings (SSSR count). The summed E-state index contributed by atoms with van der Waals surface area (Å²) >= 11 is 0. The summed E-state index contributed by atoms with van der Waals surface area (Å²) < 4.78 is 1.21.